The van der Waals surface area contributed by atoms with Crippen LogP contribution in [0.3, 0.4) is 0 Å². The largest absolute Gasteiger partial charge is 0.481 e. The lowest BCUT2D eigenvalue weighted by Crippen LogP contribution is -2.08. The third kappa shape index (κ3) is 2.80. The Hall–Kier alpha value is -0.860. The van der Waals surface area contributed by atoms with Crippen LogP contribution in [0.4, 0.5) is 13.2 Å². The first kappa shape index (κ1) is 12.2. The van der Waals surface area contributed by atoms with Crippen molar-refractivity contribution in [3.63, 3.8) is 0 Å². The van der Waals surface area contributed by atoms with E-state index in [0.29, 0.717) is 0 Å². The number of carbonyl (C=O) groups is 1. The van der Waals surface area contributed by atoms with Crippen LogP contribution < -0.4 is 0 Å². The average Bonchev–Trinajstić information content (AvgIpc) is 2.09. The van der Waals surface area contributed by atoms with Gasteiger partial charge in [0.05, 0.1) is 12.0 Å². The molecule has 0 aliphatic carbocycles. The highest BCUT2D eigenvalue weighted by Crippen LogP contribution is 2.27. The van der Waals surface area contributed by atoms with Crippen LogP contribution in [0.1, 0.15) is 17.6 Å². The maximum Gasteiger partial charge on any atom is 0.307 e. The number of aliphatic carboxylic acids is 1. The standard InChI is InChI=1S/C8H5F3INO2/c9-6-3(1-4(14)15)2-13-8(12)5(6)7(10)11/h2,7H,1H2,(H,14,15). The van der Waals surface area contributed by atoms with Gasteiger partial charge in [0.15, 0.2) is 0 Å². The van der Waals surface area contributed by atoms with E-state index in [1.807, 2.05) is 0 Å². The van der Waals surface area contributed by atoms with Crippen molar-refractivity contribution < 1.29 is 23.1 Å². The van der Waals surface area contributed by atoms with Gasteiger partial charge < -0.3 is 5.11 Å². The molecule has 0 radical (unpaired) electrons. The molecule has 0 aromatic carbocycles. The Bertz CT molecular complexity index is 398. The Balaban J connectivity index is 3.22. The van der Waals surface area contributed by atoms with Crippen LogP contribution in [-0.4, -0.2) is 16.1 Å². The first-order chi connectivity index (χ1) is 6.93. The first-order valence-electron chi connectivity index (χ1n) is 3.76. The summed E-state index contributed by atoms with van der Waals surface area (Å²) in [5.41, 5.74) is -1.17. The molecule has 7 heteroatoms. The molecule has 1 rings (SSSR count). The zero-order valence-electron chi connectivity index (χ0n) is 7.18. The Morgan fingerprint density at radius 2 is 2.20 bits per heavy atom. The van der Waals surface area contributed by atoms with E-state index in [4.69, 9.17) is 5.11 Å². The molecule has 0 aliphatic rings. The molecule has 1 N–H and O–H groups in total. The first-order valence-corrected chi connectivity index (χ1v) is 4.84. The number of pyridine rings is 1. The lowest BCUT2D eigenvalue weighted by Gasteiger charge is -2.07. The summed E-state index contributed by atoms with van der Waals surface area (Å²) in [4.78, 5) is 13.8. The van der Waals surface area contributed by atoms with Crippen molar-refractivity contribution in [1.82, 2.24) is 4.98 Å². The van der Waals surface area contributed by atoms with Gasteiger partial charge in [0.25, 0.3) is 6.43 Å². The molecular weight excluding hydrogens is 326 g/mol. The highest BCUT2D eigenvalue weighted by Gasteiger charge is 2.22. The Morgan fingerprint density at radius 3 is 2.67 bits per heavy atom. The fourth-order valence-electron chi connectivity index (χ4n) is 0.996. The number of alkyl halides is 2. The molecule has 1 aromatic heterocycles. The number of carboxylic acids is 1. The molecule has 82 valence electrons. The molecule has 0 fully saturated rings. The molecule has 0 spiro atoms. The zero-order chi connectivity index (χ0) is 11.6. The van der Waals surface area contributed by atoms with Crippen molar-refractivity contribution in [3.8, 4) is 0 Å². The maximum atomic E-state index is 13.4. The number of nitrogens with zero attached hydrogens (tertiary/aromatic N) is 1. The van der Waals surface area contributed by atoms with Crippen LogP contribution in [0.15, 0.2) is 6.20 Å². The highest BCUT2D eigenvalue weighted by atomic mass is 127. The van der Waals surface area contributed by atoms with Crippen molar-refractivity contribution in [2.75, 3.05) is 0 Å². The number of rotatable bonds is 3. The molecule has 0 saturated carbocycles. The molecule has 1 heterocycles. The second-order valence-electron chi connectivity index (χ2n) is 2.67. The summed E-state index contributed by atoms with van der Waals surface area (Å²) < 4.78 is 37.9. The minimum Gasteiger partial charge on any atom is -0.481 e. The third-order valence-corrected chi connectivity index (χ3v) is 2.49. The van der Waals surface area contributed by atoms with Crippen LogP contribution in [0.5, 0.6) is 0 Å². The van der Waals surface area contributed by atoms with Crippen molar-refractivity contribution in [2.24, 2.45) is 0 Å². The van der Waals surface area contributed by atoms with Gasteiger partial charge in [-0.15, -0.1) is 0 Å². The van der Waals surface area contributed by atoms with Crippen LogP contribution >= 0.6 is 22.6 Å². The van der Waals surface area contributed by atoms with Crippen molar-refractivity contribution in [2.45, 2.75) is 12.8 Å². The molecule has 0 aliphatic heterocycles. The Labute approximate surface area is 96.5 Å². The van der Waals surface area contributed by atoms with E-state index in [1.54, 1.807) is 0 Å². The number of aromatic nitrogens is 1. The van der Waals surface area contributed by atoms with Crippen molar-refractivity contribution in [1.29, 1.82) is 0 Å². The van der Waals surface area contributed by atoms with Crippen LogP contribution in [0, 0.1) is 9.52 Å². The van der Waals surface area contributed by atoms with E-state index in [0.717, 1.165) is 6.20 Å². The minimum absolute atomic E-state index is 0.158. The van der Waals surface area contributed by atoms with Gasteiger partial charge in [-0.3, -0.25) is 4.79 Å². The molecule has 0 bridgehead atoms. The second kappa shape index (κ2) is 4.77. The van der Waals surface area contributed by atoms with Crippen molar-refractivity contribution in [3.05, 3.63) is 26.8 Å². The van der Waals surface area contributed by atoms with Gasteiger partial charge in [0.2, 0.25) is 0 Å². The summed E-state index contributed by atoms with van der Waals surface area (Å²) in [7, 11) is 0. The lowest BCUT2D eigenvalue weighted by atomic mass is 10.1. The summed E-state index contributed by atoms with van der Waals surface area (Å²) in [6, 6.07) is 0. The van der Waals surface area contributed by atoms with Gasteiger partial charge >= 0.3 is 5.97 Å². The lowest BCUT2D eigenvalue weighted by molar-refractivity contribution is -0.136. The quantitative estimate of drug-likeness (QED) is 0.684. The third-order valence-electron chi connectivity index (χ3n) is 1.63. The van der Waals surface area contributed by atoms with Crippen LogP contribution in [0.25, 0.3) is 0 Å². The van der Waals surface area contributed by atoms with E-state index in [-0.39, 0.29) is 9.26 Å². The van der Waals surface area contributed by atoms with Gasteiger partial charge in [0.1, 0.15) is 9.52 Å². The summed E-state index contributed by atoms with van der Waals surface area (Å²) in [6.45, 7) is 0. The molecule has 3 nitrogen and oxygen atoms in total. The van der Waals surface area contributed by atoms with Crippen LogP contribution in [0.2, 0.25) is 0 Å². The minimum atomic E-state index is -3.00. The van der Waals surface area contributed by atoms with Crippen molar-refractivity contribution >= 4 is 28.6 Å². The number of halogens is 4. The molecule has 1 aromatic rings. The van der Waals surface area contributed by atoms with Gasteiger partial charge in [0, 0.05) is 11.8 Å². The normalized spacial score (nSPS) is 10.7. The SMILES string of the molecule is O=C(O)Cc1cnc(I)c(C(F)F)c1F. The monoisotopic (exact) mass is 331 g/mol. The van der Waals surface area contributed by atoms with Gasteiger partial charge in [-0.1, -0.05) is 0 Å². The number of carboxylic acid groups (broad SMARTS) is 1. The summed E-state index contributed by atoms with van der Waals surface area (Å²) in [6.07, 6.45) is -2.70. The fourth-order valence-corrected chi connectivity index (χ4v) is 1.61. The van der Waals surface area contributed by atoms with Gasteiger partial charge in [-0.25, -0.2) is 18.2 Å². The van der Waals surface area contributed by atoms with Gasteiger partial charge in [-0.05, 0) is 22.6 Å². The molecule has 0 saturated heterocycles. The number of hydrogen-bond acceptors (Lipinski definition) is 2. The molecular formula is C8H5F3INO2. The van der Waals surface area contributed by atoms with Crippen LogP contribution in [-0.2, 0) is 11.2 Å². The summed E-state index contributed by atoms with van der Waals surface area (Å²) in [5, 5.41) is 8.41. The van der Waals surface area contributed by atoms with Gasteiger partial charge in [-0.2, -0.15) is 0 Å². The highest BCUT2D eigenvalue weighted by molar-refractivity contribution is 14.1. The summed E-state index contributed by atoms with van der Waals surface area (Å²) in [5.74, 6) is -2.48. The molecule has 0 atom stereocenters. The Kier molecular flexibility index (Phi) is 3.89. The second-order valence-corrected chi connectivity index (χ2v) is 3.69. The number of hydrogen-bond donors (Lipinski definition) is 1. The maximum absolute atomic E-state index is 13.4. The predicted molar refractivity (Wildman–Crippen MR) is 53.2 cm³/mol. The predicted octanol–water partition coefficient (Wildman–Crippen LogP) is 2.39. The Morgan fingerprint density at radius 1 is 1.60 bits per heavy atom. The topological polar surface area (TPSA) is 50.2 Å². The molecule has 0 amide bonds. The van der Waals surface area contributed by atoms with E-state index in [2.05, 4.69) is 4.98 Å². The van der Waals surface area contributed by atoms with E-state index >= 15 is 0 Å². The zero-order valence-corrected chi connectivity index (χ0v) is 9.33. The molecule has 15 heavy (non-hydrogen) atoms. The smallest absolute Gasteiger partial charge is 0.307 e. The van der Waals surface area contributed by atoms with E-state index < -0.39 is 30.2 Å². The van der Waals surface area contributed by atoms with E-state index in [9.17, 15) is 18.0 Å². The molecule has 0 unspecified atom stereocenters. The fraction of sp³-hybridized carbons (Fsp3) is 0.250. The average molecular weight is 331 g/mol. The van der Waals surface area contributed by atoms with E-state index in [1.165, 1.54) is 22.6 Å². The summed E-state index contributed by atoms with van der Waals surface area (Å²) >= 11 is 1.47.